The number of aliphatic hydroxyl groups excluding tert-OH is 1. The number of aromatic nitrogens is 2. The summed E-state index contributed by atoms with van der Waals surface area (Å²) in [5.41, 5.74) is 0.978. The lowest BCUT2D eigenvalue weighted by Crippen LogP contribution is -2.18. The van der Waals surface area contributed by atoms with Crippen LogP contribution >= 0.6 is 0 Å². The molecule has 0 saturated heterocycles. The van der Waals surface area contributed by atoms with Gasteiger partial charge >= 0.3 is 0 Å². The van der Waals surface area contributed by atoms with E-state index in [0.29, 0.717) is 18.5 Å². The van der Waals surface area contributed by atoms with E-state index in [4.69, 9.17) is 5.11 Å². The average molecular weight is 225 g/mol. The Balaban J connectivity index is 2.80. The van der Waals surface area contributed by atoms with Gasteiger partial charge in [0, 0.05) is 31.7 Å². The van der Waals surface area contributed by atoms with E-state index in [1.165, 1.54) is 7.05 Å². The van der Waals surface area contributed by atoms with Crippen molar-refractivity contribution in [2.45, 2.75) is 18.8 Å². The Kier molecular flexibility index (Phi) is 4.65. The number of nitrogens with one attached hydrogen (secondary N) is 2. The highest BCUT2D eigenvalue weighted by Gasteiger charge is 2.16. The summed E-state index contributed by atoms with van der Waals surface area (Å²) in [6, 6.07) is 1.60. The van der Waals surface area contributed by atoms with Crippen LogP contribution in [0.25, 0.3) is 0 Å². The molecule has 6 heteroatoms. The number of aromatic amines is 1. The second-order valence-electron chi connectivity index (χ2n) is 3.40. The van der Waals surface area contributed by atoms with Gasteiger partial charge in [0.2, 0.25) is 0 Å². The van der Waals surface area contributed by atoms with Crippen LogP contribution in [-0.4, -0.2) is 41.2 Å². The second-order valence-corrected chi connectivity index (χ2v) is 3.40. The Bertz CT molecular complexity index is 362. The molecule has 16 heavy (non-hydrogen) atoms. The van der Waals surface area contributed by atoms with Crippen LogP contribution in [0.1, 0.15) is 34.9 Å². The normalized spacial score (nSPS) is 12.1. The minimum absolute atomic E-state index is 0.00711. The van der Waals surface area contributed by atoms with Gasteiger partial charge < -0.3 is 15.2 Å². The molecule has 1 rings (SSSR count). The van der Waals surface area contributed by atoms with Crippen LogP contribution in [0.5, 0.6) is 0 Å². The van der Waals surface area contributed by atoms with Gasteiger partial charge in [0.1, 0.15) is 12.0 Å². The van der Waals surface area contributed by atoms with Crippen molar-refractivity contribution >= 4 is 12.2 Å². The Morgan fingerprint density at radius 3 is 3.06 bits per heavy atom. The molecule has 1 atom stereocenters. The number of aliphatic hydroxyl groups is 1. The Morgan fingerprint density at radius 2 is 2.50 bits per heavy atom. The van der Waals surface area contributed by atoms with Gasteiger partial charge in [-0.05, 0) is 12.5 Å². The van der Waals surface area contributed by atoms with Gasteiger partial charge in [-0.15, -0.1) is 0 Å². The second kappa shape index (κ2) is 6.02. The molecule has 0 spiro atoms. The van der Waals surface area contributed by atoms with E-state index in [-0.39, 0.29) is 24.1 Å². The van der Waals surface area contributed by atoms with Crippen LogP contribution in [-0.2, 0) is 4.79 Å². The number of hydrogen-bond donors (Lipinski definition) is 3. The average Bonchev–Trinajstić information content (AvgIpc) is 2.77. The third-order valence-corrected chi connectivity index (χ3v) is 2.36. The Morgan fingerprint density at radius 1 is 1.75 bits per heavy atom. The predicted octanol–water partition coefficient (Wildman–Crippen LogP) is -0.176. The van der Waals surface area contributed by atoms with Gasteiger partial charge in [0.15, 0.2) is 0 Å². The molecule has 1 unspecified atom stereocenters. The summed E-state index contributed by atoms with van der Waals surface area (Å²) < 4.78 is 0. The highest BCUT2D eigenvalue weighted by Crippen LogP contribution is 2.20. The van der Waals surface area contributed by atoms with Crippen molar-refractivity contribution in [3.8, 4) is 0 Å². The largest absolute Gasteiger partial charge is 0.396 e. The van der Waals surface area contributed by atoms with E-state index in [2.05, 4.69) is 15.5 Å². The number of carbonyl (C=O) groups is 2. The highest BCUT2D eigenvalue weighted by molar-refractivity contribution is 5.92. The zero-order chi connectivity index (χ0) is 12.0. The monoisotopic (exact) mass is 225 g/mol. The molecular formula is C10H15N3O3. The number of amides is 1. The van der Waals surface area contributed by atoms with E-state index in [0.717, 1.165) is 6.29 Å². The van der Waals surface area contributed by atoms with Crippen molar-refractivity contribution in [1.82, 2.24) is 15.5 Å². The summed E-state index contributed by atoms with van der Waals surface area (Å²) in [5.74, 6) is -0.398. The molecule has 0 fully saturated rings. The summed E-state index contributed by atoms with van der Waals surface area (Å²) in [5, 5.41) is 17.9. The molecule has 1 amide bonds. The third kappa shape index (κ3) is 2.90. The zero-order valence-corrected chi connectivity index (χ0v) is 9.06. The van der Waals surface area contributed by atoms with Gasteiger partial charge in [-0.25, -0.2) is 0 Å². The third-order valence-electron chi connectivity index (χ3n) is 2.36. The first-order valence-electron chi connectivity index (χ1n) is 5.04. The van der Waals surface area contributed by atoms with Crippen molar-refractivity contribution in [1.29, 1.82) is 0 Å². The van der Waals surface area contributed by atoms with Crippen LogP contribution < -0.4 is 5.32 Å². The molecule has 1 aromatic heterocycles. The number of nitrogens with zero attached hydrogens (tertiary/aromatic N) is 1. The summed E-state index contributed by atoms with van der Waals surface area (Å²) in [6.45, 7) is -0.00711. The fourth-order valence-electron chi connectivity index (χ4n) is 1.46. The van der Waals surface area contributed by atoms with E-state index >= 15 is 0 Å². The van der Waals surface area contributed by atoms with E-state index < -0.39 is 0 Å². The number of H-pyrrole nitrogens is 1. The fourth-order valence-corrected chi connectivity index (χ4v) is 1.46. The van der Waals surface area contributed by atoms with Crippen molar-refractivity contribution in [2.24, 2.45) is 0 Å². The predicted molar refractivity (Wildman–Crippen MR) is 57.1 cm³/mol. The maximum absolute atomic E-state index is 11.3. The molecule has 0 aromatic carbocycles. The van der Waals surface area contributed by atoms with Crippen molar-refractivity contribution in [3.05, 3.63) is 17.5 Å². The molecule has 0 aliphatic rings. The van der Waals surface area contributed by atoms with E-state index in [9.17, 15) is 9.59 Å². The molecule has 0 aliphatic heterocycles. The van der Waals surface area contributed by atoms with E-state index in [1.807, 2.05) is 0 Å². The molecule has 0 aliphatic carbocycles. The van der Waals surface area contributed by atoms with Crippen molar-refractivity contribution in [2.75, 3.05) is 13.7 Å². The topological polar surface area (TPSA) is 95.1 Å². The smallest absolute Gasteiger partial charge is 0.271 e. The van der Waals surface area contributed by atoms with Gasteiger partial charge in [-0.3, -0.25) is 9.89 Å². The van der Waals surface area contributed by atoms with Crippen LogP contribution in [0, 0.1) is 0 Å². The van der Waals surface area contributed by atoms with Crippen LogP contribution in [0.15, 0.2) is 6.07 Å². The SMILES string of the molecule is CNC(=O)c1cc(C(CC=O)CCO)[nH]n1. The van der Waals surface area contributed by atoms with Gasteiger partial charge in [0.25, 0.3) is 5.91 Å². The molecular weight excluding hydrogens is 210 g/mol. The fraction of sp³-hybridized carbons (Fsp3) is 0.500. The minimum atomic E-state index is -0.281. The summed E-state index contributed by atoms with van der Waals surface area (Å²) in [6.07, 6.45) is 1.56. The number of aldehydes is 1. The van der Waals surface area contributed by atoms with Gasteiger partial charge in [-0.1, -0.05) is 0 Å². The van der Waals surface area contributed by atoms with Gasteiger partial charge in [0.05, 0.1) is 0 Å². The van der Waals surface area contributed by atoms with Crippen LogP contribution in [0.3, 0.4) is 0 Å². The Labute approximate surface area is 93.1 Å². The molecule has 0 saturated carbocycles. The highest BCUT2D eigenvalue weighted by atomic mass is 16.3. The first kappa shape index (κ1) is 12.4. The summed E-state index contributed by atoms with van der Waals surface area (Å²) >= 11 is 0. The molecule has 0 radical (unpaired) electrons. The standard InChI is InChI=1S/C10H15N3O3/c1-11-10(16)9-6-8(12-13-9)7(2-4-14)3-5-15/h4,6-7,15H,2-3,5H2,1H3,(H,11,16)(H,12,13). The number of hydrogen-bond acceptors (Lipinski definition) is 4. The molecule has 88 valence electrons. The van der Waals surface area contributed by atoms with Crippen molar-refractivity contribution in [3.63, 3.8) is 0 Å². The molecule has 3 N–H and O–H groups in total. The maximum Gasteiger partial charge on any atom is 0.271 e. The lowest BCUT2D eigenvalue weighted by atomic mass is 9.98. The quantitative estimate of drug-likeness (QED) is 0.585. The maximum atomic E-state index is 11.3. The number of carbonyl (C=O) groups excluding carboxylic acids is 2. The van der Waals surface area contributed by atoms with E-state index in [1.54, 1.807) is 6.07 Å². The summed E-state index contributed by atoms with van der Waals surface area (Å²) in [4.78, 5) is 21.7. The molecule has 1 heterocycles. The van der Waals surface area contributed by atoms with Crippen LogP contribution in [0.4, 0.5) is 0 Å². The van der Waals surface area contributed by atoms with Crippen LogP contribution in [0.2, 0.25) is 0 Å². The molecule has 1 aromatic rings. The number of rotatable bonds is 6. The molecule has 6 nitrogen and oxygen atoms in total. The summed E-state index contributed by atoms with van der Waals surface area (Å²) in [7, 11) is 1.52. The first-order chi connectivity index (χ1) is 7.72. The zero-order valence-electron chi connectivity index (χ0n) is 9.06. The minimum Gasteiger partial charge on any atom is -0.396 e. The lowest BCUT2D eigenvalue weighted by molar-refractivity contribution is -0.108. The van der Waals surface area contributed by atoms with Crippen molar-refractivity contribution < 1.29 is 14.7 Å². The first-order valence-corrected chi connectivity index (χ1v) is 5.04. The lowest BCUT2D eigenvalue weighted by Gasteiger charge is -2.08. The molecule has 0 bridgehead atoms. The Hall–Kier alpha value is -1.69. The van der Waals surface area contributed by atoms with Gasteiger partial charge in [-0.2, -0.15) is 5.10 Å².